The van der Waals surface area contributed by atoms with Crippen LogP contribution in [0.5, 0.6) is 11.5 Å². The molecule has 6 aromatic rings. The molecular formula is C37H30N2O2. The van der Waals surface area contributed by atoms with Gasteiger partial charge >= 0.3 is 0 Å². The lowest BCUT2D eigenvalue weighted by Crippen LogP contribution is -2.10. The molecule has 0 saturated heterocycles. The van der Waals surface area contributed by atoms with Crippen LogP contribution in [0.1, 0.15) is 0 Å². The summed E-state index contributed by atoms with van der Waals surface area (Å²) in [7, 11) is 0. The summed E-state index contributed by atoms with van der Waals surface area (Å²) in [4.78, 5) is 4.44. The monoisotopic (exact) mass is 534 g/mol. The Morgan fingerprint density at radius 3 is 0.805 bits per heavy atom. The molecule has 6 aromatic carbocycles. The molecule has 0 fully saturated rings. The van der Waals surface area contributed by atoms with Crippen LogP contribution in [-0.2, 0) is 0 Å². The van der Waals surface area contributed by atoms with E-state index >= 15 is 0 Å². The first-order chi connectivity index (χ1) is 20.3. The fraction of sp³-hybridized carbons (Fsp3) is 0.0270. The van der Waals surface area contributed by atoms with Gasteiger partial charge in [0.05, 0.1) is 0 Å². The van der Waals surface area contributed by atoms with Crippen LogP contribution in [0.25, 0.3) is 0 Å². The fourth-order valence-corrected chi connectivity index (χ4v) is 4.75. The van der Waals surface area contributed by atoms with Crippen LogP contribution < -0.4 is 19.3 Å². The number of benzene rings is 6. The second-order valence-corrected chi connectivity index (χ2v) is 9.41. The van der Waals surface area contributed by atoms with Gasteiger partial charge in [-0.1, -0.05) is 72.8 Å². The molecule has 0 atom stereocenters. The molecular weight excluding hydrogens is 504 g/mol. The van der Waals surface area contributed by atoms with E-state index in [1.807, 2.05) is 97.1 Å². The van der Waals surface area contributed by atoms with Crippen LogP contribution in [0, 0.1) is 0 Å². The van der Waals surface area contributed by atoms with Crippen molar-refractivity contribution in [3.05, 3.63) is 170 Å². The first-order valence-corrected chi connectivity index (χ1v) is 13.6. The van der Waals surface area contributed by atoms with Crippen molar-refractivity contribution in [2.45, 2.75) is 0 Å². The van der Waals surface area contributed by atoms with Gasteiger partial charge in [-0.2, -0.15) is 0 Å². The number of rotatable bonds is 10. The quantitative estimate of drug-likeness (QED) is 0.163. The van der Waals surface area contributed by atoms with Crippen molar-refractivity contribution < 1.29 is 9.47 Å². The van der Waals surface area contributed by atoms with Gasteiger partial charge < -0.3 is 19.3 Å². The van der Waals surface area contributed by atoms with E-state index < -0.39 is 0 Å². The second-order valence-electron chi connectivity index (χ2n) is 9.41. The summed E-state index contributed by atoms with van der Waals surface area (Å²) in [5.74, 6) is 1.48. The van der Waals surface area contributed by atoms with Gasteiger partial charge in [0.25, 0.3) is 0 Å². The summed E-state index contributed by atoms with van der Waals surface area (Å²) >= 11 is 0. The first kappa shape index (κ1) is 25.8. The molecule has 4 nitrogen and oxygen atoms in total. The Bertz CT molecular complexity index is 1420. The number of para-hydroxylation sites is 4. The third-order valence-corrected chi connectivity index (χ3v) is 6.70. The Labute approximate surface area is 241 Å². The molecule has 0 unspecified atom stereocenters. The van der Waals surface area contributed by atoms with E-state index in [1.165, 1.54) is 0 Å². The van der Waals surface area contributed by atoms with Gasteiger partial charge in [-0.15, -0.1) is 0 Å². The van der Waals surface area contributed by atoms with E-state index in [0.29, 0.717) is 0 Å². The maximum atomic E-state index is 5.92. The average molecular weight is 535 g/mol. The SMILES string of the molecule is c1ccc(N(c2ccccc2)c2ccc(OCOc3ccc(N(c4ccccc4)c4ccccc4)cc3)cc2)cc1. The Kier molecular flexibility index (Phi) is 7.91. The average Bonchev–Trinajstić information content (AvgIpc) is 3.05. The summed E-state index contributed by atoms with van der Waals surface area (Å²) in [6.07, 6.45) is 0. The van der Waals surface area contributed by atoms with Gasteiger partial charge in [0.1, 0.15) is 11.5 Å². The van der Waals surface area contributed by atoms with Crippen molar-refractivity contribution in [1.29, 1.82) is 0 Å². The lowest BCUT2D eigenvalue weighted by atomic mass is 10.2. The molecule has 4 heteroatoms. The lowest BCUT2D eigenvalue weighted by Gasteiger charge is -2.25. The van der Waals surface area contributed by atoms with E-state index in [1.54, 1.807) is 0 Å². The highest BCUT2D eigenvalue weighted by molar-refractivity contribution is 5.77. The number of nitrogens with zero attached hydrogens (tertiary/aromatic N) is 2. The topological polar surface area (TPSA) is 24.9 Å². The van der Waals surface area contributed by atoms with Crippen molar-refractivity contribution in [1.82, 2.24) is 0 Å². The molecule has 0 aliphatic heterocycles. The molecule has 0 N–H and O–H groups in total. The van der Waals surface area contributed by atoms with Crippen LogP contribution in [0.4, 0.5) is 34.1 Å². The maximum Gasteiger partial charge on any atom is 0.230 e. The van der Waals surface area contributed by atoms with E-state index in [-0.39, 0.29) is 6.79 Å². The number of hydrogen-bond donors (Lipinski definition) is 0. The summed E-state index contributed by atoms with van der Waals surface area (Å²) in [5, 5.41) is 0. The second kappa shape index (κ2) is 12.6. The molecule has 6 rings (SSSR count). The molecule has 200 valence electrons. The standard InChI is InChI=1S/C37H30N2O2/c1-5-13-30(14-6-1)38(31-15-7-2-8-16-31)34-21-25-36(26-22-34)40-29-41-37-27-23-35(24-28-37)39(32-17-9-3-10-18-32)33-19-11-4-12-20-33/h1-28H,29H2. The van der Waals surface area contributed by atoms with E-state index in [0.717, 1.165) is 45.6 Å². The zero-order valence-corrected chi connectivity index (χ0v) is 22.6. The van der Waals surface area contributed by atoms with Crippen LogP contribution in [0.15, 0.2) is 170 Å². The molecule has 0 radical (unpaired) electrons. The minimum Gasteiger partial charge on any atom is -0.458 e. The zero-order valence-electron chi connectivity index (χ0n) is 22.6. The molecule has 41 heavy (non-hydrogen) atoms. The van der Waals surface area contributed by atoms with Gasteiger partial charge in [0.15, 0.2) is 0 Å². The van der Waals surface area contributed by atoms with Gasteiger partial charge in [0.2, 0.25) is 6.79 Å². The molecule has 0 heterocycles. The maximum absolute atomic E-state index is 5.92. The largest absolute Gasteiger partial charge is 0.458 e. The Balaban J connectivity index is 1.12. The van der Waals surface area contributed by atoms with Gasteiger partial charge in [0, 0.05) is 34.1 Å². The van der Waals surface area contributed by atoms with Gasteiger partial charge in [-0.3, -0.25) is 0 Å². The van der Waals surface area contributed by atoms with E-state index in [9.17, 15) is 0 Å². The van der Waals surface area contributed by atoms with Crippen molar-refractivity contribution in [2.75, 3.05) is 16.6 Å². The highest BCUT2D eigenvalue weighted by Gasteiger charge is 2.13. The summed E-state index contributed by atoms with van der Waals surface area (Å²) in [6.45, 7) is 0.112. The minimum absolute atomic E-state index is 0.112. The van der Waals surface area contributed by atoms with Crippen molar-refractivity contribution in [3.8, 4) is 11.5 Å². The number of anilines is 6. The predicted molar refractivity (Wildman–Crippen MR) is 168 cm³/mol. The molecule has 0 amide bonds. The summed E-state index contributed by atoms with van der Waals surface area (Å²) in [5.41, 5.74) is 6.48. The highest BCUT2D eigenvalue weighted by atomic mass is 16.7. The van der Waals surface area contributed by atoms with E-state index in [2.05, 4.69) is 82.6 Å². The molecule has 0 aliphatic carbocycles. The first-order valence-electron chi connectivity index (χ1n) is 13.6. The Hall–Kier alpha value is -5.48. The predicted octanol–water partition coefficient (Wildman–Crippen LogP) is 10.0. The van der Waals surface area contributed by atoms with Crippen molar-refractivity contribution in [3.63, 3.8) is 0 Å². The molecule has 0 aromatic heterocycles. The van der Waals surface area contributed by atoms with E-state index in [4.69, 9.17) is 9.47 Å². The molecule has 0 spiro atoms. The third-order valence-electron chi connectivity index (χ3n) is 6.70. The minimum atomic E-state index is 0.112. The third kappa shape index (κ3) is 6.23. The Morgan fingerprint density at radius 1 is 0.293 bits per heavy atom. The zero-order chi connectivity index (χ0) is 27.7. The molecule has 0 bridgehead atoms. The normalized spacial score (nSPS) is 10.5. The smallest absolute Gasteiger partial charge is 0.230 e. The number of ether oxygens (including phenoxy) is 2. The summed E-state index contributed by atoms with van der Waals surface area (Å²) in [6, 6.07) is 57.5. The lowest BCUT2D eigenvalue weighted by molar-refractivity contribution is 0.120. The molecule has 0 saturated carbocycles. The molecule has 0 aliphatic rings. The van der Waals surface area contributed by atoms with Gasteiger partial charge in [-0.05, 0) is 97.1 Å². The van der Waals surface area contributed by atoms with Crippen molar-refractivity contribution in [2.24, 2.45) is 0 Å². The fourth-order valence-electron chi connectivity index (χ4n) is 4.75. The van der Waals surface area contributed by atoms with Crippen LogP contribution in [0.2, 0.25) is 0 Å². The number of hydrogen-bond acceptors (Lipinski definition) is 4. The highest BCUT2D eigenvalue weighted by Crippen LogP contribution is 2.36. The van der Waals surface area contributed by atoms with Gasteiger partial charge in [-0.25, -0.2) is 0 Å². The Morgan fingerprint density at radius 2 is 0.537 bits per heavy atom. The van der Waals surface area contributed by atoms with Crippen LogP contribution >= 0.6 is 0 Å². The van der Waals surface area contributed by atoms with Crippen LogP contribution in [0.3, 0.4) is 0 Å². The summed E-state index contributed by atoms with van der Waals surface area (Å²) < 4.78 is 11.8. The van der Waals surface area contributed by atoms with Crippen LogP contribution in [-0.4, -0.2) is 6.79 Å². The van der Waals surface area contributed by atoms with Crippen molar-refractivity contribution >= 4 is 34.1 Å².